The Morgan fingerprint density at radius 3 is 2.34 bits per heavy atom. The lowest BCUT2D eigenvalue weighted by Crippen LogP contribution is -2.24. The zero-order valence-electron chi connectivity index (χ0n) is 22.5. The number of nitrogens with one attached hydrogen (secondary N) is 1. The number of halogens is 1. The summed E-state index contributed by atoms with van der Waals surface area (Å²) in [5.41, 5.74) is 2.80. The second-order valence-corrected chi connectivity index (χ2v) is 9.83. The van der Waals surface area contributed by atoms with Crippen LogP contribution in [-0.4, -0.2) is 58.7 Å². The summed E-state index contributed by atoms with van der Waals surface area (Å²) in [7, 11) is 0.0105. The zero-order valence-corrected chi connectivity index (χ0v) is 24.2. The summed E-state index contributed by atoms with van der Waals surface area (Å²) in [5.74, 6) is 1.68. The highest BCUT2D eigenvalue weighted by atomic mass is 35.5. The van der Waals surface area contributed by atoms with Gasteiger partial charge < -0.3 is 14.2 Å². The van der Waals surface area contributed by atoms with E-state index in [2.05, 4.69) is 19.7 Å². The summed E-state index contributed by atoms with van der Waals surface area (Å²) in [4.78, 5) is 23.1. The number of ether oxygens (including phenoxy) is 3. The van der Waals surface area contributed by atoms with Crippen LogP contribution in [0.25, 0.3) is 28.5 Å². The van der Waals surface area contributed by atoms with Gasteiger partial charge in [-0.05, 0) is 43.7 Å². The van der Waals surface area contributed by atoms with E-state index in [-0.39, 0.29) is 22.1 Å². The number of thiol groups is 1. The van der Waals surface area contributed by atoms with Gasteiger partial charge in [0.05, 0.1) is 26.5 Å². The maximum Gasteiger partial charge on any atom is 0.213 e. The molecule has 5 rings (SSSR count). The van der Waals surface area contributed by atoms with Crippen LogP contribution in [0.5, 0.6) is 17.4 Å². The van der Waals surface area contributed by atoms with E-state index >= 15 is 0 Å². The summed E-state index contributed by atoms with van der Waals surface area (Å²) in [6.07, 6.45) is 1.63. The highest BCUT2D eigenvalue weighted by Crippen LogP contribution is 2.39. The fourth-order valence-electron chi connectivity index (χ4n) is 4.30. The molecule has 1 atom stereocenters. The molecule has 5 aromatic rings. The van der Waals surface area contributed by atoms with Crippen molar-refractivity contribution in [3.05, 3.63) is 76.8 Å². The molecule has 4 aromatic heterocycles. The largest absolute Gasteiger partial charge is 0.494 e. The van der Waals surface area contributed by atoms with Crippen molar-refractivity contribution < 1.29 is 22.6 Å². The first kappa shape index (κ1) is 28.2. The van der Waals surface area contributed by atoms with Gasteiger partial charge in [0.15, 0.2) is 22.3 Å². The van der Waals surface area contributed by atoms with E-state index in [4.69, 9.17) is 35.8 Å². The average Bonchev–Trinajstić information content (AvgIpc) is 3.33. The van der Waals surface area contributed by atoms with Crippen molar-refractivity contribution in [3.63, 3.8) is 0 Å². The van der Waals surface area contributed by atoms with E-state index in [1.165, 1.54) is 14.2 Å². The van der Waals surface area contributed by atoms with E-state index in [1.54, 1.807) is 53.2 Å². The first-order chi connectivity index (χ1) is 19.8. The summed E-state index contributed by atoms with van der Waals surface area (Å²) in [6.45, 7) is 4.17. The van der Waals surface area contributed by atoms with E-state index in [0.717, 1.165) is 5.56 Å². The number of fused-ring (bicyclic) bond motifs is 1. The van der Waals surface area contributed by atoms with Gasteiger partial charge >= 0.3 is 0 Å². The first-order valence-corrected chi connectivity index (χ1v) is 14.0. The van der Waals surface area contributed by atoms with E-state index < -0.39 is 16.9 Å². The SMILES string of the molecule is CCOc1cccc(-c2nc3nc(Cl)c(C(N[SH](=O)=O)c4ccc(C)cn4)nc3n2-c2c(OC)cccc2OC)n1. The molecule has 0 aliphatic carbocycles. The molecule has 0 saturated carbocycles. The number of imidazole rings is 1. The third-order valence-electron chi connectivity index (χ3n) is 6.09. The minimum absolute atomic E-state index is 0.0477. The number of aryl methyl sites for hydroxylation is 1. The molecule has 12 nitrogen and oxygen atoms in total. The minimum atomic E-state index is -3.06. The maximum absolute atomic E-state index is 11.9. The van der Waals surface area contributed by atoms with Crippen molar-refractivity contribution in [1.29, 1.82) is 0 Å². The van der Waals surface area contributed by atoms with Crippen molar-refractivity contribution in [2.24, 2.45) is 0 Å². The van der Waals surface area contributed by atoms with Gasteiger partial charge in [0, 0.05) is 12.3 Å². The molecular weight excluding hydrogens is 570 g/mol. The Morgan fingerprint density at radius 1 is 0.976 bits per heavy atom. The number of para-hydroxylation sites is 1. The number of methoxy groups -OCH3 is 2. The summed E-state index contributed by atoms with van der Waals surface area (Å²) < 4.78 is 44.9. The van der Waals surface area contributed by atoms with Gasteiger partial charge in [-0.1, -0.05) is 29.8 Å². The Morgan fingerprint density at radius 2 is 1.71 bits per heavy atom. The molecule has 0 saturated heterocycles. The summed E-state index contributed by atoms with van der Waals surface area (Å²) >= 11 is 6.63. The molecule has 4 heterocycles. The normalized spacial score (nSPS) is 12.0. The number of nitrogens with zero attached hydrogens (tertiary/aromatic N) is 6. The Balaban J connectivity index is 1.84. The molecule has 0 amide bonds. The Labute approximate surface area is 242 Å². The van der Waals surface area contributed by atoms with Crippen molar-refractivity contribution in [2.75, 3.05) is 20.8 Å². The van der Waals surface area contributed by atoms with E-state index in [9.17, 15) is 8.42 Å². The van der Waals surface area contributed by atoms with Gasteiger partial charge in [0.2, 0.25) is 16.8 Å². The van der Waals surface area contributed by atoms with Crippen LogP contribution in [0, 0.1) is 6.92 Å². The topological polar surface area (TPSA) is 143 Å². The van der Waals surface area contributed by atoms with Gasteiger partial charge in [-0.2, -0.15) is 0 Å². The van der Waals surface area contributed by atoms with Crippen molar-refractivity contribution in [1.82, 2.24) is 34.2 Å². The van der Waals surface area contributed by atoms with Crippen LogP contribution in [-0.2, 0) is 10.9 Å². The number of hydrogen-bond donors (Lipinski definition) is 2. The van der Waals surface area contributed by atoms with Gasteiger partial charge in [-0.25, -0.2) is 33.1 Å². The van der Waals surface area contributed by atoms with Crippen LogP contribution in [0.2, 0.25) is 5.15 Å². The molecule has 0 aliphatic rings. The quantitative estimate of drug-likeness (QED) is 0.228. The first-order valence-electron chi connectivity index (χ1n) is 12.4. The number of hydrogen-bond acceptors (Lipinski definition) is 10. The third-order valence-corrected chi connectivity index (χ3v) is 6.83. The summed E-state index contributed by atoms with van der Waals surface area (Å²) in [5, 5.41) is -0.0477. The number of aromatic nitrogens is 6. The van der Waals surface area contributed by atoms with E-state index in [1.807, 2.05) is 19.9 Å². The molecule has 1 unspecified atom stereocenters. The van der Waals surface area contributed by atoms with Gasteiger partial charge in [0.25, 0.3) is 0 Å². The molecule has 14 heteroatoms. The van der Waals surface area contributed by atoms with Gasteiger partial charge in [-0.15, -0.1) is 0 Å². The van der Waals surface area contributed by atoms with Crippen LogP contribution in [0.4, 0.5) is 0 Å². The zero-order chi connectivity index (χ0) is 29.1. The molecule has 0 aliphatic heterocycles. The minimum Gasteiger partial charge on any atom is -0.494 e. The molecule has 41 heavy (non-hydrogen) atoms. The van der Waals surface area contributed by atoms with Crippen LogP contribution in [0.1, 0.15) is 29.9 Å². The maximum atomic E-state index is 11.9. The van der Waals surface area contributed by atoms with Gasteiger partial charge in [-0.3, -0.25) is 9.55 Å². The molecule has 0 radical (unpaired) electrons. The Hall–Kier alpha value is -4.33. The summed E-state index contributed by atoms with van der Waals surface area (Å²) in [6, 6.07) is 13.1. The number of rotatable bonds is 10. The van der Waals surface area contributed by atoms with Crippen LogP contribution < -0.4 is 18.9 Å². The lowest BCUT2D eigenvalue weighted by atomic mass is 10.1. The molecule has 0 fully saturated rings. The average molecular weight is 596 g/mol. The third kappa shape index (κ3) is 5.64. The molecular formula is C27H26ClN7O5S. The van der Waals surface area contributed by atoms with Crippen molar-refractivity contribution >= 4 is 33.8 Å². The Bertz CT molecular complexity index is 1760. The predicted molar refractivity (Wildman–Crippen MR) is 153 cm³/mol. The highest BCUT2D eigenvalue weighted by Gasteiger charge is 2.28. The monoisotopic (exact) mass is 595 g/mol. The fraction of sp³-hybridized carbons (Fsp3) is 0.222. The molecule has 212 valence electrons. The van der Waals surface area contributed by atoms with E-state index in [0.29, 0.717) is 46.9 Å². The fourth-order valence-corrected chi connectivity index (χ4v) is 4.99. The van der Waals surface area contributed by atoms with Crippen molar-refractivity contribution in [3.8, 4) is 34.6 Å². The highest BCUT2D eigenvalue weighted by molar-refractivity contribution is 7.70. The molecule has 0 spiro atoms. The van der Waals surface area contributed by atoms with Crippen LogP contribution >= 0.6 is 11.6 Å². The van der Waals surface area contributed by atoms with Gasteiger partial charge in [0.1, 0.15) is 34.6 Å². The standard InChI is InChI=1S/C27H26ClN7O5S/c1-5-40-20-11-6-8-17(30-20)26-33-25-27(35(26)23-18(38-3)9-7-10-19(23)39-4)31-22(24(28)32-25)21(34-41(36)37)16-13-12-15(2)14-29-16/h6-14,21,41H,5H2,1-4H3,(H,34,36,37). The smallest absolute Gasteiger partial charge is 0.213 e. The second kappa shape index (κ2) is 12.0. The lowest BCUT2D eigenvalue weighted by molar-refractivity contribution is 0.327. The predicted octanol–water partition coefficient (Wildman–Crippen LogP) is 3.86. The molecule has 1 aromatic carbocycles. The molecule has 1 N–H and O–H groups in total. The second-order valence-electron chi connectivity index (χ2n) is 8.70. The van der Waals surface area contributed by atoms with Crippen LogP contribution in [0.15, 0.2) is 54.7 Å². The number of pyridine rings is 2. The lowest BCUT2D eigenvalue weighted by Gasteiger charge is -2.18. The number of benzene rings is 1. The van der Waals surface area contributed by atoms with Crippen LogP contribution in [0.3, 0.4) is 0 Å². The Kier molecular flexibility index (Phi) is 8.28. The molecule has 0 bridgehead atoms. The van der Waals surface area contributed by atoms with Crippen molar-refractivity contribution in [2.45, 2.75) is 19.9 Å².